The van der Waals surface area contributed by atoms with Crippen LogP contribution in [0.25, 0.3) is 0 Å². The Balaban J connectivity index is 2.76. The number of amides is 2. The van der Waals surface area contributed by atoms with E-state index in [1.54, 1.807) is 20.8 Å². The van der Waals surface area contributed by atoms with E-state index >= 15 is 0 Å². The smallest absolute Gasteiger partial charge is 0.417 e. The number of ether oxygens (including phenoxy) is 1. The van der Waals surface area contributed by atoms with Gasteiger partial charge in [-0.3, -0.25) is 4.79 Å². The number of hydrogen-bond acceptors (Lipinski definition) is 4. The van der Waals surface area contributed by atoms with Crippen LogP contribution in [-0.4, -0.2) is 44.4 Å². The molecule has 23 heavy (non-hydrogen) atoms. The Morgan fingerprint density at radius 3 is 2.17 bits per heavy atom. The first-order chi connectivity index (χ1) is 10.2. The quantitative estimate of drug-likeness (QED) is 0.738. The third-order valence-corrected chi connectivity index (χ3v) is 5.64. The molecule has 1 rings (SSSR count). The average molecular weight is 344 g/mol. The van der Waals surface area contributed by atoms with Crippen LogP contribution in [0.5, 0.6) is 0 Å². The molecule has 0 radical (unpaired) electrons. The Morgan fingerprint density at radius 1 is 1.13 bits per heavy atom. The number of nitrogens with zero attached hydrogens (tertiary/aromatic N) is 1. The fourth-order valence-corrected chi connectivity index (χ4v) is 3.47. The van der Waals surface area contributed by atoms with E-state index < -0.39 is 21.5 Å². The number of carbonyl (C=O) groups excluding carboxylic acids is 2. The minimum atomic E-state index is -0.696. The SMILES string of the molecule is CC(C)(C)OC(=O)N1CC(C(C)(C)O[SiH2]C(C)(C)C)CCC1=O. The second kappa shape index (κ2) is 6.93. The van der Waals surface area contributed by atoms with E-state index in [9.17, 15) is 9.59 Å². The van der Waals surface area contributed by atoms with E-state index in [0.29, 0.717) is 13.0 Å². The molecule has 1 aliphatic rings. The first-order valence-electron chi connectivity index (χ1n) is 8.39. The van der Waals surface area contributed by atoms with Crippen molar-refractivity contribution < 1.29 is 18.8 Å². The average Bonchev–Trinajstić information content (AvgIpc) is 2.34. The highest BCUT2D eigenvalue weighted by Gasteiger charge is 2.40. The van der Waals surface area contributed by atoms with Gasteiger partial charge in [-0.25, -0.2) is 9.69 Å². The monoisotopic (exact) mass is 343 g/mol. The molecule has 0 N–H and O–H groups in total. The summed E-state index contributed by atoms with van der Waals surface area (Å²) in [6, 6.07) is 0. The van der Waals surface area contributed by atoms with E-state index in [-0.39, 0.29) is 22.5 Å². The van der Waals surface area contributed by atoms with Gasteiger partial charge in [-0.2, -0.15) is 0 Å². The number of rotatable bonds is 3. The molecule has 0 aromatic rings. The van der Waals surface area contributed by atoms with Crippen LogP contribution < -0.4 is 0 Å². The van der Waals surface area contributed by atoms with Gasteiger partial charge in [0.25, 0.3) is 0 Å². The van der Waals surface area contributed by atoms with Crippen molar-refractivity contribution in [2.75, 3.05) is 6.54 Å². The molecule has 5 nitrogen and oxygen atoms in total. The summed E-state index contributed by atoms with van der Waals surface area (Å²) in [7, 11) is -0.696. The van der Waals surface area contributed by atoms with Gasteiger partial charge >= 0.3 is 6.09 Å². The second-order valence-electron chi connectivity index (χ2n) is 9.17. The molecule has 1 atom stereocenters. The van der Waals surface area contributed by atoms with Crippen LogP contribution in [0, 0.1) is 5.92 Å². The zero-order valence-electron chi connectivity index (χ0n) is 16.0. The minimum absolute atomic E-state index is 0.141. The van der Waals surface area contributed by atoms with Crippen molar-refractivity contribution in [1.82, 2.24) is 4.90 Å². The molecule has 6 heteroatoms. The summed E-state index contributed by atoms with van der Waals surface area (Å²) in [6.07, 6.45) is 0.577. The highest BCUT2D eigenvalue weighted by atomic mass is 28.2. The highest BCUT2D eigenvalue weighted by molar-refractivity contribution is 6.31. The van der Waals surface area contributed by atoms with Gasteiger partial charge < -0.3 is 9.16 Å². The molecular formula is C17H33NO4Si. The van der Waals surface area contributed by atoms with Crippen molar-refractivity contribution in [1.29, 1.82) is 0 Å². The summed E-state index contributed by atoms with van der Waals surface area (Å²) in [4.78, 5) is 25.6. The van der Waals surface area contributed by atoms with Crippen molar-refractivity contribution >= 4 is 21.8 Å². The summed E-state index contributed by atoms with van der Waals surface area (Å²) < 4.78 is 11.6. The van der Waals surface area contributed by atoms with Crippen molar-refractivity contribution in [3.05, 3.63) is 0 Å². The molecule has 0 aliphatic carbocycles. The molecule has 1 aliphatic heterocycles. The fraction of sp³-hybridized carbons (Fsp3) is 0.882. The number of likely N-dealkylation sites (tertiary alicyclic amines) is 1. The third kappa shape index (κ3) is 6.63. The third-order valence-electron chi connectivity index (χ3n) is 3.88. The van der Waals surface area contributed by atoms with Gasteiger partial charge in [0, 0.05) is 18.9 Å². The molecule has 134 valence electrons. The van der Waals surface area contributed by atoms with Crippen LogP contribution in [0.3, 0.4) is 0 Å². The highest BCUT2D eigenvalue weighted by Crippen LogP contribution is 2.33. The largest absolute Gasteiger partial charge is 0.443 e. The zero-order valence-corrected chi connectivity index (χ0v) is 17.4. The summed E-state index contributed by atoms with van der Waals surface area (Å²) in [5.41, 5.74) is -0.935. The van der Waals surface area contributed by atoms with Crippen LogP contribution in [-0.2, 0) is 14.0 Å². The topological polar surface area (TPSA) is 55.8 Å². The van der Waals surface area contributed by atoms with Crippen molar-refractivity contribution in [2.24, 2.45) is 5.92 Å². The van der Waals surface area contributed by atoms with E-state index in [4.69, 9.17) is 9.16 Å². The van der Waals surface area contributed by atoms with Crippen molar-refractivity contribution in [3.63, 3.8) is 0 Å². The van der Waals surface area contributed by atoms with Gasteiger partial charge in [0.15, 0.2) is 9.76 Å². The predicted octanol–water partition coefficient (Wildman–Crippen LogP) is 3.26. The molecule has 0 spiro atoms. The Hall–Kier alpha value is -0.883. The predicted molar refractivity (Wildman–Crippen MR) is 94.1 cm³/mol. The van der Waals surface area contributed by atoms with Gasteiger partial charge in [0.05, 0.1) is 5.60 Å². The molecule has 0 aromatic carbocycles. The maximum atomic E-state index is 12.3. The van der Waals surface area contributed by atoms with Crippen LogP contribution >= 0.6 is 0 Å². The molecule has 1 unspecified atom stereocenters. The van der Waals surface area contributed by atoms with Gasteiger partial charge in [-0.1, -0.05) is 20.8 Å². The van der Waals surface area contributed by atoms with E-state index in [1.165, 1.54) is 4.90 Å². The number of piperidine rings is 1. The summed E-state index contributed by atoms with van der Waals surface area (Å²) in [5.74, 6) is -0.0121. The first-order valence-corrected chi connectivity index (χ1v) is 9.67. The number of imide groups is 1. The zero-order chi connectivity index (χ0) is 18.1. The summed E-state index contributed by atoms with van der Waals surface area (Å²) >= 11 is 0. The molecule has 0 bridgehead atoms. The molecule has 0 aromatic heterocycles. The lowest BCUT2D eigenvalue weighted by atomic mass is 9.84. The van der Waals surface area contributed by atoms with Gasteiger partial charge in [-0.05, 0) is 46.1 Å². The van der Waals surface area contributed by atoms with Crippen LogP contribution in [0.4, 0.5) is 4.79 Å². The normalized spacial score (nSPS) is 21.1. The molecule has 0 saturated carbocycles. The Kier molecular flexibility index (Phi) is 6.07. The fourth-order valence-electron chi connectivity index (χ4n) is 2.43. The second-order valence-corrected chi connectivity index (χ2v) is 11.9. The first kappa shape index (κ1) is 20.2. The number of carbonyl (C=O) groups is 2. The van der Waals surface area contributed by atoms with Crippen LogP contribution in [0.2, 0.25) is 5.04 Å². The van der Waals surface area contributed by atoms with E-state index in [2.05, 4.69) is 34.6 Å². The molecule has 2 amide bonds. The van der Waals surface area contributed by atoms with Crippen molar-refractivity contribution in [3.8, 4) is 0 Å². The van der Waals surface area contributed by atoms with Crippen LogP contribution in [0.15, 0.2) is 0 Å². The molecule has 1 heterocycles. The Labute approximate surface area is 143 Å². The number of hydrogen-bond donors (Lipinski definition) is 0. The Bertz CT molecular complexity index is 448. The van der Waals surface area contributed by atoms with Gasteiger partial charge in [0.2, 0.25) is 5.91 Å². The molecular weight excluding hydrogens is 310 g/mol. The lowest BCUT2D eigenvalue weighted by Gasteiger charge is -2.41. The lowest BCUT2D eigenvalue weighted by Crippen LogP contribution is -2.52. The van der Waals surface area contributed by atoms with Crippen molar-refractivity contribution in [2.45, 2.75) is 84.5 Å². The van der Waals surface area contributed by atoms with E-state index in [0.717, 1.165) is 6.42 Å². The minimum Gasteiger partial charge on any atom is -0.443 e. The molecule has 1 fully saturated rings. The summed E-state index contributed by atoms with van der Waals surface area (Å²) in [5, 5.41) is 0.215. The van der Waals surface area contributed by atoms with Gasteiger partial charge in [-0.15, -0.1) is 0 Å². The summed E-state index contributed by atoms with van der Waals surface area (Å²) in [6.45, 7) is 16.5. The Morgan fingerprint density at radius 2 is 1.70 bits per heavy atom. The maximum Gasteiger partial charge on any atom is 0.417 e. The van der Waals surface area contributed by atoms with E-state index in [1.807, 2.05) is 0 Å². The van der Waals surface area contributed by atoms with Gasteiger partial charge in [0.1, 0.15) is 5.60 Å². The maximum absolute atomic E-state index is 12.3. The van der Waals surface area contributed by atoms with Crippen LogP contribution in [0.1, 0.15) is 68.2 Å². The standard InChI is InChI=1S/C17H33NO4Si/c1-15(2,3)21-14(20)18-11-12(9-10-13(18)19)17(7,8)22-23-16(4,5)6/h12H,9-11,23H2,1-8H3. The lowest BCUT2D eigenvalue weighted by molar-refractivity contribution is -0.136. The molecule has 1 saturated heterocycles.